The maximum Gasteiger partial charge on any atom is 0.123 e. The van der Waals surface area contributed by atoms with Crippen LogP contribution in [0.3, 0.4) is 0 Å². The molecule has 0 bridgehead atoms. The summed E-state index contributed by atoms with van der Waals surface area (Å²) >= 11 is 0. The molecule has 1 unspecified atom stereocenters. The maximum atomic E-state index is 10.0. The number of hydrogen-bond donors (Lipinski definition) is 0. The van der Waals surface area contributed by atoms with Gasteiger partial charge in [0.15, 0.2) is 0 Å². The molecule has 1 nitrogen and oxygen atoms in total. The highest BCUT2D eigenvalue weighted by Gasteiger charge is 1.92. The fourth-order valence-electron chi connectivity index (χ4n) is 1.01. The maximum absolute atomic E-state index is 10.0. The highest BCUT2D eigenvalue weighted by Crippen LogP contribution is 2.06. The van der Waals surface area contributed by atoms with Gasteiger partial charge in [0.2, 0.25) is 0 Å². The molecule has 0 rings (SSSR count). The third kappa shape index (κ3) is 9.06. The second kappa shape index (κ2) is 7.78. The Morgan fingerprint density at radius 3 is 2.31 bits per heavy atom. The predicted octanol–water partition coefficient (Wildman–Crippen LogP) is 3.37. The van der Waals surface area contributed by atoms with Crippen molar-refractivity contribution in [1.29, 1.82) is 0 Å². The summed E-state index contributed by atoms with van der Waals surface area (Å²) in [7, 11) is 0. The van der Waals surface area contributed by atoms with Crippen molar-refractivity contribution in [2.45, 2.75) is 33.6 Å². The van der Waals surface area contributed by atoms with Gasteiger partial charge < -0.3 is 4.79 Å². The predicted molar refractivity (Wildman–Crippen MR) is 57.6 cm³/mol. The van der Waals surface area contributed by atoms with Crippen molar-refractivity contribution in [3.63, 3.8) is 0 Å². The molecule has 74 valence electrons. The van der Waals surface area contributed by atoms with E-state index in [-0.39, 0.29) is 0 Å². The number of carbonyl (C=O) groups excluding carboxylic acids is 1. The molecule has 1 atom stereocenters. The topological polar surface area (TPSA) is 17.1 Å². The SMILES string of the molecule is CC(C)/C=C/CC(C)/C=C/CC=O. The van der Waals surface area contributed by atoms with Crippen LogP contribution in [0.2, 0.25) is 0 Å². The quantitative estimate of drug-likeness (QED) is 0.452. The van der Waals surface area contributed by atoms with E-state index in [1.807, 2.05) is 6.08 Å². The summed E-state index contributed by atoms with van der Waals surface area (Å²) in [4.78, 5) is 10.0. The van der Waals surface area contributed by atoms with Gasteiger partial charge in [0.1, 0.15) is 6.29 Å². The van der Waals surface area contributed by atoms with E-state index in [1.54, 1.807) is 0 Å². The Morgan fingerprint density at radius 1 is 1.08 bits per heavy atom. The van der Waals surface area contributed by atoms with Crippen LogP contribution in [0.15, 0.2) is 24.3 Å². The zero-order valence-corrected chi connectivity index (χ0v) is 8.86. The molecule has 0 radical (unpaired) electrons. The summed E-state index contributed by atoms with van der Waals surface area (Å²) in [5, 5.41) is 0. The average Bonchev–Trinajstić information content (AvgIpc) is 2.04. The fraction of sp³-hybridized carbons (Fsp3) is 0.583. The molecule has 0 saturated heterocycles. The molecule has 0 amide bonds. The lowest BCUT2D eigenvalue weighted by atomic mass is 10.1. The highest BCUT2D eigenvalue weighted by atomic mass is 16.1. The van der Waals surface area contributed by atoms with Crippen molar-refractivity contribution in [2.24, 2.45) is 11.8 Å². The molecule has 0 spiro atoms. The van der Waals surface area contributed by atoms with E-state index in [2.05, 4.69) is 39.0 Å². The molecule has 0 fully saturated rings. The normalized spacial score (nSPS) is 14.5. The van der Waals surface area contributed by atoms with E-state index >= 15 is 0 Å². The van der Waals surface area contributed by atoms with Crippen LogP contribution in [0.25, 0.3) is 0 Å². The third-order valence-corrected chi connectivity index (χ3v) is 1.73. The van der Waals surface area contributed by atoms with Crippen LogP contribution in [-0.4, -0.2) is 6.29 Å². The van der Waals surface area contributed by atoms with Gasteiger partial charge in [-0.3, -0.25) is 0 Å². The molecule has 13 heavy (non-hydrogen) atoms. The molecule has 0 aromatic heterocycles. The first-order valence-electron chi connectivity index (χ1n) is 4.93. The lowest BCUT2D eigenvalue weighted by Gasteiger charge is -2.00. The first-order chi connectivity index (χ1) is 6.16. The first-order valence-corrected chi connectivity index (χ1v) is 4.93. The van der Waals surface area contributed by atoms with Gasteiger partial charge in [0.25, 0.3) is 0 Å². The van der Waals surface area contributed by atoms with Crippen LogP contribution in [0.1, 0.15) is 33.6 Å². The molecule has 0 aromatic carbocycles. The van der Waals surface area contributed by atoms with Crippen molar-refractivity contribution >= 4 is 6.29 Å². The van der Waals surface area contributed by atoms with Gasteiger partial charge >= 0.3 is 0 Å². The second-order valence-corrected chi connectivity index (χ2v) is 3.72. The zero-order valence-electron chi connectivity index (χ0n) is 8.86. The van der Waals surface area contributed by atoms with Crippen LogP contribution >= 0.6 is 0 Å². The Balaban J connectivity index is 3.61. The Labute approximate surface area is 81.5 Å². The molecule has 0 aliphatic rings. The molecule has 0 aliphatic heterocycles. The molecule has 1 heteroatoms. The average molecular weight is 180 g/mol. The lowest BCUT2D eigenvalue weighted by Crippen LogP contribution is -1.87. The fourth-order valence-corrected chi connectivity index (χ4v) is 1.01. The van der Waals surface area contributed by atoms with Crippen LogP contribution < -0.4 is 0 Å². The van der Waals surface area contributed by atoms with Crippen molar-refractivity contribution in [1.82, 2.24) is 0 Å². The number of carbonyl (C=O) groups is 1. The number of aldehydes is 1. The number of allylic oxidation sites excluding steroid dienone is 4. The van der Waals surface area contributed by atoms with Crippen molar-refractivity contribution in [2.75, 3.05) is 0 Å². The molecule has 0 heterocycles. The van der Waals surface area contributed by atoms with Crippen LogP contribution in [0.4, 0.5) is 0 Å². The van der Waals surface area contributed by atoms with Gasteiger partial charge in [-0.25, -0.2) is 0 Å². The monoisotopic (exact) mass is 180 g/mol. The first kappa shape index (κ1) is 12.2. The molecule has 0 N–H and O–H groups in total. The lowest BCUT2D eigenvalue weighted by molar-refractivity contribution is -0.107. The van der Waals surface area contributed by atoms with E-state index in [9.17, 15) is 4.79 Å². The standard InChI is InChI=1S/C12H20O/c1-11(2)7-6-9-12(3)8-4-5-10-13/h4,6-8,10-12H,5,9H2,1-3H3/b7-6+,8-4+. The summed E-state index contributed by atoms with van der Waals surface area (Å²) < 4.78 is 0. The Bertz CT molecular complexity index is 178. The minimum absolute atomic E-state index is 0.537. The number of rotatable bonds is 6. The Kier molecular flexibility index (Phi) is 7.27. The summed E-state index contributed by atoms with van der Waals surface area (Å²) in [5.74, 6) is 1.17. The summed E-state index contributed by atoms with van der Waals surface area (Å²) in [6.07, 6.45) is 11.0. The molecular weight excluding hydrogens is 160 g/mol. The Morgan fingerprint density at radius 2 is 1.77 bits per heavy atom. The van der Waals surface area contributed by atoms with Crippen molar-refractivity contribution in [3.05, 3.63) is 24.3 Å². The molecule has 0 aromatic rings. The van der Waals surface area contributed by atoms with Crippen molar-refractivity contribution in [3.8, 4) is 0 Å². The van der Waals surface area contributed by atoms with E-state index in [1.165, 1.54) is 0 Å². The minimum atomic E-state index is 0.537. The van der Waals surface area contributed by atoms with Gasteiger partial charge in [-0.2, -0.15) is 0 Å². The number of hydrogen-bond acceptors (Lipinski definition) is 1. The summed E-state index contributed by atoms with van der Waals surface area (Å²) in [5.41, 5.74) is 0. The molecular formula is C12H20O. The van der Waals surface area contributed by atoms with Crippen LogP contribution in [0.5, 0.6) is 0 Å². The van der Waals surface area contributed by atoms with E-state index < -0.39 is 0 Å². The van der Waals surface area contributed by atoms with E-state index in [4.69, 9.17) is 0 Å². The van der Waals surface area contributed by atoms with Gasteiger partial charge in [0.05, 0.1) is 0 Å². The van der Waals surface area contributed by atoms with E-state index in [0.29, 0.717) is 18.3 Å². The Hall–Kier alpha value is -0.850. The molecule has 0 saturated carbocycles. The van der Waals surface area contributed by atoms with Crippen LogP contribution in [-0.2, 0) is 4.79 Å². The summed E-state index contributed by atoms with van der Waals surface area (Å²) in [6, 6.07) is 0. The van der Waals surface area contributed by atoms with Gasteiger partial charge in [-0.15, -0.1) is 0 Å². The van der Waals surface area contributed by atoms with Gasteiger partial charge in [-0.05, 0) is 18.3 Å². The van der Waals surface area contributed by atoms with Crippen LogP contribution in [0, 0.1) is 11.8 Å². The van der Waals surface area contributed by atoms with Gasteiger partial charge in [0, 0.05) is 6.42 Å². The third-order valence-electron chi connectivity index (χ3n) is 1.73. The zero-order chi connectivity index (χ0) is 10.1. The second-order valence-electron chi connectivity index (χ2n) is 3.72. The minimum Gasteiger partial charge on any atom is -0.303 e. The van der Waals surface area contributed by atoms with Crippen molar-refractivity contribution < 1.29 is 4.79 Å². The van der Waals surface area contributed by atoms with Gasteiger partial charge in [-0.1, -0.05) is 45.1 Å². The largest absolute Gasteiger partial charge is 0.303 e. The summed E-state index contributed by atoms with van der Waals surface area (Å²) in [6.45, 7) is 6.50. The van der Waals surface area contributed by atoms with E-state index in [0.717, 1.165) is 12.7 Å². The smallest absolute Gasteiger partial charge is 0.123 e. The highest BCUT2D eigenvalue weighted by molar-refractivity contribution is 5.51. The molecule has 0 aliphatic carbocycles.